The van der Waals surface area contributed by atoms with E-state index in [1.807, 2.05) is 19.1 Å². The Morgan fingerprint density at radius 1 is 1.40 bits per heavy atom. The number of nitrogens with one attached hydrogen (secondary N) is 1. The summed E-state index contributed by atoms with van der Waals surface area (Å²) in [5.74, 6) is 1.34. The fourth-order valence-electron chi connectivity index (χ4n) is 1.43. The highest BCUT2D eigenvalue weighted by Gasteiger charge is 2.07. The molecular formula is C11H11FN2O. The molecule has 0 aliphatic carbocycles. The largest absolute Gasteiger partial charge is 0.462 e. The summed E-state index contributed by atoms with van der Waals surface area (Å²) in [6.07, 6.45) is 1.70. The van der Waals surface area contributed by atoms with Crippen molar-refractivity contribution in [3.63, 3.8) is 0 Å². The Kier molecular flexibility index (Phi) is 2.67. The lowest BCUT2D eigenvalue weighted by Gasteiger charge is -2.06. The number of halogens is 1. The van der Waals surface area contributed by atoms with Gasteiger partial charge in [-0.2, -0.15) is 0 Å². The maximum absolute atomic E-state index is 12.1. The molecule has 3 nitrogen and oxygen atoms in total. The van der Waals surface area contributed by atoms with Crippen LogP contribution in [0.25, 0.3) is 11.3 Å². The molecular weight excluding hydrogens is 195 g/mol. The number of ether oxygens (including phenoxy) is 1. The van der Waals surface area contributed by atoms with Crippen LogP contribution < -0.4 is 4.74 Å². The molecule has 0 fully saturated rings. The molecule has 0 aliphatic rings. The number of para-hydroxylation sites is 1. The topological polar surface area (TPSA) is 37.9 Å². The zero-order chi connectivity index (χ0) is 10.7. The minimum Gasteiger partial charge on any atom is -0.462 e. The number of aromatic amines is 1. The van der Waals surface area contributed by atoms with Crippen molar-refractivity contribution >= 4 is 0 Å². The predicted molar refractivity (Wildman–Crippen MR) is 55.4 cm³/mol. The number of hydrogen-bond donors (Lipinski definition) is 1. The van der Waals surface area contributed by atoms with Gasteiger partial charge in [0.15, 0.2) is 0 Å². The smallest absolute Gasteiger partial charge is 0.228 e. The predicted octanol–water partition coefficient (Wildman–Crippen LogP) is 2.69. The molecule has 15 heavy (non-hydrogen) atoms. The summed E-state index contributed by atoms with van der Waals surface area (Å²) in [6.45, 7) is 1.03. The van der Waals surface area contributed by atoms with E-state index in [2.05, 4.69) is 9.97 Å². The summed E-state index contributed by atoms with van der Waals surface area (Å²) in [6, 6.07) is 7.26. The summed E-state index contributed by atoms with van der Waals surface area (Å²) >= 11 is 0. The van der Waals surface area contributed by atoms with Crippen LogP contribution in [0.1, 0.15) is 5.82 Å². The van der Waals surface area contributed by atoms with Crippen LogP contribution in [0.4, 0.5) is 4.39 Å². The standard InChI is InChI=1S/C11H11FN2O/c1-8-13-6-10(14-8)9-4-2-3-5-11(9)15-7-12/h2-6H,7H2,1H3,(H,13,14). The van der Waals surface area contributed by atoms with E-state index in [0.717, 1.165) is 17.1 Å². The quantitative estimate of drug-likeness (QED) is 0.838. The normalized spacial score (nSPS) is 10.3. The first kappa shape index (κ1) is 9.71. The van der Waals surface area contributed by atoms with Crippen LogP contribution in [0.5, 0.6) is 5.75 Å². The molecule has 0 atom stereocenters. The first-order valence-corrected chi connectivity index (χ1v) is 4.61. The van der Waals surface area contributed by atoms with Crippen LogP contribution in [-0.4, -0.2) is 16.8 Å². The average Bonchev–Trinajstić information content (AvgIpc) is 2.66. The van der Waals surface area contributed by atoms with Crippen LogP contribution in [0.2, 0.25) is 0 Å². The number of aromatic nitrogens is 2. The minimum atomic E-state index is -0.829. The molecule has 1 heterocycles. The van der Waals surface area contributed by atoms with Crippen LogP contribution in [0.15, 0.2) is 30.5 Å². The molecule has 0 bridgehead atoms. The Balaban J connectivity index is 2.42. The number of alkyl halides is 1. The number of H-pyrrole nitrogens is 1. The lowest BCUT2D eigenvalue weighted by Crippen LogP contribution is -1.92. The molecule has 0 unspecified atom stereocenters. The number of rotatable bonds is 3. The molecule has 0 aliphatic heterocycles. The summed E-state index contributed by atoms with van der Waals surface area (Å²) < 4.78 is 17.0. The van der Waals surface area contributed by atoms with Gasteiger partial charge in [-0.15, -0.1) is 0 Å². The molecule has 1 aromatic heterocycles. The maximum atomic E-state index is 12.1. The molecule has 4 heteroatoms. The number of benzene rings is 1. The highest BCUT2D eigenvalue weighted by molar-refractivity contribution is 5.66. The molecule has 1 N–H and O–H groups in total. The van der Waals surface area contributed by atoms with Crippen molar-refractivity contribution in [2.45, 2.75) is 6.92 Å². The second-order valence-corrected chi connectivity index (χ2v) is 3.13. The average molecular weight is 206 g/mol. The van der Waals surface area contributed by atoms with Gasteiger partial charge in [0.2, 0.25) is 6.86 Å². The number of nitrogens with zero attached hydrogens (tertiary/aromatic N) is 1. The van der Waals surface area contributed by atoms with Gasteiger partial charge >= 0.3 is 0 Å². The fraction of sp³-hybridized carbons (Fsp3) is 0.182. The van der Waals surface area contributed by atoms with Crippen LogP contribution in [-0.2, 0) is 0 Å². The summed E-state index contributed by atoms with van der Waals surface area (Å²) in [4.78, 5) is 7.17. The summed E-state index contributed by atoms with van der Waals surface area (Å²) in [5.41, 5.74) is 1.65. The zero-order valence-corrected chi connectivity index (χ0v) is 8.33. The number of aryl methyl sites for hydroxylation is 1. The maximum Gasteiger partial charge on any atom is 0.228 e. The zero-order valence-electron chi connectivity index (χ0n) is 8.33. The van der Waals surface area contributed by atoms with Gasteiger partial charge in [0.05, 0.1) is 11.9 Å². The van der Waals surface area contributed by atoms with E-state index in [9.17, 15) is 4.39 Å². The van der Waals surface area contributed by atoms with Crippen molar-refractivity contribution in [1.82, 2.24) is 9.97 Å². The molecule has 0 amide bonds. The molecule has 0 radical (unpaired) electrons. The molecule has 78 valence electrons. The van der Waals surface area contributed by atoms with Crippen molar-refractivity contribution in [2.24, 2.45) is 0 Å². The van der Waals surface area contributed by atoms with Crippen molar-refractivity contribution in [3.8, 4) is 17.0 Å². The van der Waals surface area contributed by atoms with Crippen LogP contribution in [0, 0.1) is 6.92 Å². The molecule has 0 saturated heterocycles. The third-order valence-electron chi connectivity index (χ3n) is 2.09. The van der Waals surface area contributed by atoms with Gasteiger partial charge in [0, 0.05) is 5.56 Å². The van der Waals surface area contributed by atoms with Gasteiger partial charge in [-0.25, -0.2) is 9.37 Å². The van der Waals surface area contributed by atoms with E-state index in [-0.39, 0.29) is 0 Å². The van der Waals surface area contributed by atoms with E-state index in [1.54, 1.807) is 18.3 Å². The Bertz CT molecular complexity index is 453. The van der Waals surface area contributed by atoms with E-state index in [4.69, 9.17) is 4.74 Å². The molecule has 1 aromatic carbocycles. The van der Waals surface area contributed by atoms with Crippen molar-refractivity contribution < 1.29 is 9.13 Å². The Morgan fingerprint density at radius 3 is 2.87 bits per heavy atom. The van der Waals surface area contributed by atoms with E-state index in [1.165, 1.54) is 0 Å². The SMILES string of the molecule is Cc1ncc(-c2ccccc2OCF)[nH]1. The lowest BCUT2D eigenvalue weighted by atomic mass is 10.1. The van der Waals surface area contributed by atoms with Gasteiger partial charge < -0.3 is 9.72 Å². The van der Waals surface area contributed by atoms with Crippen molar-refractivity contribution in [3.05, 3.63) is 36.3 Å². The Morgan fingerprint density at radius 2 is 2.20 bits per heavy atom. The summed E-state index contributed by atoms with van der Waals surface area (Å²) in [5, 5.41) is 0. The third-order valence-corrected chi connectivity index (χ3v) is 2.09. The van der Waals surface area contributed by atoms with Crippen molar-refractivity contribution in [1.29, 1.82) is 0 Å². The van der Waals surface area contributed by atoms with Gasteiger partial charge in [0.25, 0.3) is 0 Å². The first-order chi connectivity index (χ1) is 7.31. The van der Waals surface area contributed by atoms with E-state index >= 15 is 0 Å². The highest BCUT2D eigenvalue weighted by atomic mass is 19.1. The molecule has 0 spiro atoms. The fourth-order valence-corrected chi connectivity index (χ4v) is 1.43. The second kappa shape index (κ2) is 4.13. The van der Waals surface area contributed by atoms with Crippen LogP contribution >= 0.6 is 0 Å². The van der Waals surface area contributed by atoms with Crippen LogP contribution in [0.3, 0.4) is 0 Å². The minimum absolute atomic E-state index is 0.517. The van der Waals surface area contributed by atoms with Gasteiger partial charge in [-0.3, -0.25) is 0 Å². The van der Waals surface area contributed by atoms with E-state index in [0.29, 0.717) is 5.75 Å². The monoisotopic (exact) mass is 206 g/mol. The third kappa shape index (κ3) is 1.98. The number of imidazole rings is 1. The number of hydrogen-bond acceptors (Lipinski definition) is 2. The van der Waals surface area contributed by atoms with Crippen molar-refractivity contribution in [2.75, 3.05) is 6.86 Å². The highest BCUT2D eigenvalue weighted by Crippen LogP contribution is 2.28. The Labute approximate surface area is 86.9 Å². The van der Waals surface area contributed by atoms with Gasteiger partial charge in [-0.05, 0) is 19.1 Å². The first-order valence-electron chi connectivity index (χ1n) is 4.61. The molecule has 0 saturated carbocycles. The van der Waals surface area contributed by atoms with Gasteiger partial charge in [-0.1, -0.05) is 12.1 Å². The van der Waals surface area contributed by atoms with E-state index < -0.39 is 6.86 Å². The molecule has 2 rings (SSSR count). The Hall–Kier alpha value is -1.84. The van der Waals surface area contributed by atoms with Gasteiger partial charge in [0.1, 0.15) is 11.6 Å². The molecule has 2 aromatic rings. The summed E-state index contributed by atoms with van der Waals surface area (Å²) in [7, 11) is 0. The lowest BCUT2D eigenvalue weighted by molar-refractivity contribution is 0.192. The second-order valence-electron chi connectivity index (χ2n) is 3.13.